The molecule has 1 heterocycles. The molecule has 1 aliphatic rings. The van der Waals surface area contributed by atoms with E-state index in [1.807, 2.05) is 38.4 Å². The number of aryl methyl sites for hydroxylation is 1. The average molecular weight is 227 g/mol. The molecule has 0 aromatic heterocycles. The van der Waals surface area contributed by atoms with Gasteiger partial charge in [0, 0.05) is 27.2 Å². The van der Waals surface area contributed by atoms with Gasteiger partial charge in [0.1, 0.15) is 11.9 Å². The summed E-state index contributed by atoms with van der Waals surface area (Å²) in [5.74, 6) is 1.02. The first kappa shape index (κ1) is 11.5. The largest absolute Gasteiger partial charge is 0.358 e. The summed E-state index contributed by atoms with van der Waals surface area (Å²) < 4.78 is 0. The molecular formula is C14H17N3. The predicted molar refractivity (Wildman–Crippen MR) is 69.0 cm³/mol. The van der Waals surface area contributed by atoms with E-state index < -0.39 is 0 Å². The highest BCUT2D eigenvalue weighted by atomic mass is 15.4. The molecule has 1 fully saturated rings. The lowest BCUT2D eigenvalue weighted by atomic mass is 10.1. The Balaban J connectivity index is 2.50. The normalized spacial score (nSPS) is 15.1. The van der Waals surface area contributed by atoms with Crippen molar-refractivity contribution in [1.29, 1.82) is 5.26 Å². The van der Waals surface area contributed by atoms with Crippen LogP contribution >= 0.6 is 0 Å². The monoisotopic (exact) mass is 227 g/mol. The molecule has 3 heteroatoms. The van der Waals surface area contributed by atoms with E-state index >= 15 is 0 Å². The van der Waals surface area contributed by atoms with Crippen LogP contribution in [-0.4, -0.2) is 37.0 Å². The summed E-state index contributed by atoms with van der Waals surface area (Å²) in [5, 5.41) is 9.38. The van der Waals surface area contributed by atoms with E-state index in [-0.39, 0.29) is 0 Å². The van der Waals surface area contributed by atoms with Gasteiger partial charge in [0.05, 0.1) is 5.57 Å². The first-order valence-electron chi connectivity index (χ1n) is 5.77. The SMILES string of the molecule is Cc1ccc(C(C#N)=C2N(C)CCN2C)cc1. The van der Waals surface area contributed by atoms with Crippen LogP contribution in [0.25, 0.3) is 5.57 Å². The Bertz CT molecular complexity index is 467. The second-order valence-corrected chi connectivity index (χ2v) is 4.52. The van der Waals surface area contributed by atoms with Gasteiger partial charge in [-0.05, 0) is 12.5 Å². The second-order valence-electron chi connectivity index (χ2n) is 4.52. The van der Waals surface area contributed by atoms with Gasteiger partial charge < -0.3 is 9.80 Å². The molecule has 0 amide bonds. The van der Waals surface area contributed by atoms with Crippen molar-refractivity contribution < 1.29 is 0 Å². The van der Waals surface area contributed by atoms with Gasteiger partial charge in [-0.1, -0.05) is 29.8 Å². The molecule has 0 saturated carbocycles. The molecule has 0 radical (unpaired) electrons. The summed E-state index contributed by atoms with van der Waals surface area (Å²) in [6, 6.07) is 10.5. The standard InChI is InChI=1S/C14H17N3/c1-11-4-6-12(7-5-11)13(10-15)14-16(2)8-9-17(14)3/h4-7H,8-9H2,1-3H3. The summed E-state index contributed by atoms with van der Waals surface area (Å²) in [6.45, 7) is 4.00. The fraction of sp³-hybridized carbons (Fsp3) is 0.357. The van der Waals surface area contributed by atoms with E-state index in [0.717, 1.165) is 30.0 Å². The third-order valence-electron chi connectivity index (χ3n) is 3.17. The molecular weight excluding hydrogens is 210 g/mol. The highest BCUT2D eigenvalue weighted by Crippen LogP contribution is 2.25. The molecule has 1 saturated heterocycles. The Labute approximate surface area is 103 Å². The third kappa shape index (κ3) is 2.12. The molecule has 3 nitrogen and oxygen atoms in total. The van der Waals surface area contributed by atoms with Gasteiger partial charge in [-0.2, -0.15) is 5.26 Å². The number of nitriles is 1. The molecule has 0 spiro atoms. The lowest BCUT2D eigenvalue weighted by Gasteiger charge is -2.19. The average Bonchev–Trinajstić information content (AvgIpc) is 2.64. The smallest absolute Gasteiger partial charge is 0.122 e. The number of hydrogen-bond acceptors (Lipinski definition) is 3. The number of likely N-dealkylation sites (N-methyl/N-ethyl adjacent to an activating group) is 2. The van der Waals surface area contributed by atoms with Crippen LogP contribution < -0.4 is 0 Å². The molecule has 2 rings (SSSR count). The third-order valence-corrected chi connectivity index (χ3v) is 3.17. The molecule has 88 valence electrons. The van der Waals surface area contributed by atoms with Crippen LogP contribution in [0.15, 0.2) is 30.1 Å². The van der Waals surface area contributed by atoms with Crippen molar-refractivity contribution in [3.63, 3.8) is 0 Å². The maximum Gasteiger partial charge on any atom is 0.122 e. The van der Waals surface area contributed by atoms with E-state index in [2.05, 4.69) is 22.8 Å². The van der Waals surface area contributed by atoms with E-state index in [1.165, 1.54) is 5.56 Å². The Morgan fingerprint density at radius 1 is 1.12 bits per heavy atom. The van der Waals surface area contributed by atoms with Crippen molar-refractivity contribution in [3.05, 3.63) is 41.2 Å². The van der Waals surface area contributed by atoms with Crippen LogP contribution in [-0.2, 0) is 0 Å². The van der Waals surface area contributed by atoms with E-state index in [1.54, 1.807) is 0 Å². The number of rotatable bonds is 1. The Hall–Kier alpha value is -1.95. The summed E-state index contributed by atoms with van der Waals surface area (Å²) in [4.78, 5) is 4.27. The lowest BCUT2D eigenvalue weighted by Crippen LogP contribution is -2.18. The van der Waals surface area contributed by atoms with Gasteiger partial charge in [0.2, 0.25) is 0 Å². The van der Waals surface area contributed by atoms with Gasteiger partial charge in [-0.3, -0.25) is 0 Å². The van der Waals surface area contributed by atoms with Gasteiger partial charge >= 0.3 is 0 Å². The molecule has 0 unspecified atom stereocenters. The first-order chi connectivity index (χ1) is 8.13. The molecule has 1 aromatic rings. The zero-order valence-electron chi connectivity index (χ0n) is 10.6. The van der Waals surface area contributed by atoms with Crippen molar-refractivity contribution >= 4 is 5.57 Å². The number of hydrogen-bond donors (Lipinski definition) is 0. The fourth-order valence-corrected chi connectivity index (χ4v) is 2.15. The Kier molecular flexibility index (Phi) is 3.06. The van der Waals surface area contributed by atoms with Crippen molar-refractivity contribution in [2.75, 3.05) is 27.2 Å². The minimum atomic E-state index is 0.757. The zero-order valence-corrected chi connectivity index (χ0v) is 10.6. The van der Waals surface area contributed by atoms with Gasteiger partial charge in [0.15, 0.2) is 0 Å². The van der Waals surface area contributed by atoms with E-state index in [0.29, 0.717) is 0 Å². The van der Waals surface area contributed by atoms with Crippen LogP contribution in [0.1, 0.15) is 11.1 Å². The molecule has 0 N–H and O–H groups in total. The minimum Gasteiger partial charge on any atom is -0.358 e. The fourth-order valence-electron chi connectivity index (χ4n) is 2.15. The summed E-state index contributed by atoms with van der Waals surface area (Å²) in [6.07, 6.45) is 0. The van der Waals surface area contributed by atoms with Crippen LogP contribution in [0, 0.1) is 18.3 Å². The van der Waals surface area contributed by atoms with Crippen molar-refractivity contribution in [3.8, 4) is 6.07 Å². The predicted octanol–water partition coefficient (Wildman–Crippen LogP) is 2.06. The van der Waals surface area contributed by atoms with Crippen LogP contribution in [0.3, 0.4) is 0 Å². The number of nitrogens with zero attached hydrogens (tertiary/aromatic N) is 3. The second kappa shape index (κ2) is 4.50. The summed E-state index contributed by atoms with van der Waals surface area (Å²) in [7, 11) is 4.06. The zero-order chi connectivity index (χ0) is 12.4. The Morgan fingerprint density at radius 2 is 1.65 bits per heavy atom. The lowest BCUT2D eigenvalue weighted by molar-refractivity contribution is 0.427. The molecule has 1 aliphatic heterocycles. The van der Waals surface area contributed by atoms with E-state index in [9.17, 15) is 5.26 Å². The van der Waals surface area contributed by atoms with Gasteiger partial charge in [-0.15, -0.1) is 0 Å². The molecule has 17 heavy (non-hydrogen) atoms. The van der Waals surface area contributed by atoms with Crippen molar-refractivity contribution in [2.24, 2.45) is 0 Å². The maximum atomic E-state index is 9.38. The maximum absolute atomic E-state index is 9.38. The molecule has 1 aromatic carbocycles. The van der Waals surface area contributed by atoms with Gasteiger partial charge in [-0.25, -0.2) is 0 Å². The molecule has 0 aliphatic carbocycles. The Morgan fingerprint density at radius 3 is 2.12 bits per heavy atom. The van der Waals surface area contributed by atoms with Crippen molar-refractivity contribution in [1.82, 2.24) is 9.80 Å². The van der Waals surface area contributed by atoms with Crippen LogP contribution in [0.4, 0.5) is 0 Å². The summed E-state index contributed by atoms with van der Waals surface area (Å²) >= 11 is 0. The topological polar surface area (TPSA) is 30.3 Å². The number of benzene rings is 1. The van der Waals surface area contributed by atoms with Gasteiger partial charge in [0.25, 0.3) is 0 Å². The van der Waals surface area contributed by atoms with Crippen LogP contribution in [0.5, 0.6) is 0 Å². The quantitative estimate of drug-likeness (QED) is 0.688. The first-order valence-corrected chi connectivity index (χ1v) is 5.77. The molecule has 0 bridgehead atoms. The van der Waals surface area contributed by atoms with E-state index in [4.69, 9.17) is 0 Å². The highest BCUT2D eigenvalue weighted by Gasteiger charge is 2.23. The molecule has 0 atom stereocenters. The highest BCUT2D eigenvalue weighted by molar-refractivity contribution is 5.79. The minimum absolute atomic E-state index is 0.757. The number of allylic oxidation sites excluding steroid dienone is 1. The van der Waals surface area contributed by atoms with Crippen molar-refractivity contribution in [2.45, 2.75) is 6.92 Å². The van der Waals surface area contributed by atoms with Crippen LogP contribution in [0.2, 0.25) is 0 Å². The summed E-state index contributed by atoms with van der Waals surface area (Å²) in [5.41, 5.74) is 2.96.